The average molecular weight is 251 g/mol. The summed E-state index contributed by atoms with van der Waals surface area (Å²) in [7, 11) is 2.04. The highest BCUT2D eigenvalue weighted by Crippen LogP contribution is 2.21. The summed E-state index contributed by atoms with van der Waals surface area (Å²) in [5.74, 6) is -1.60. The number of halogens is 2. The first-order valence-corrected chi connectivity index (χ1v) is 5.92. The molecule has 0 aliphatic carbocycles. The zero-order valence-electron chi connectivity index (χ0n) is 10.2. The van der Waals surface area contributed by atoms with Gasteiger partial charge < -0.3 is 10.2 Å². The Morgan fingerprint density at radius 3 is 2.83 bits per heavy atom. The van der Waals surface area contributed by atoms with Gasteiger partial charge in [0.2, 0.25) is 0 Å². The van der Waals surface area contributed by atoms with Crippen LogP contribution in [0.3, 0.4) is 0 Å². The molecule has 1 aromatic rings. The van der Waals surface area contributed by atoms with Crippen molar-refractivity contribution in [3.63, 3.8) is 0 Å². The summed E-state index contributed by atoms with van der Waals surface area (Å²) >= 11 is 0. The molecule has 1 heterocycles. The van der Waals surface area contributed by atoms with Crippen molar-refractivity contribution in [1.29, 1.82) is 5.26 Å². The molecule has 1 aromatic carbocycles. The lowest BCUT2D eigenvalue weighted by molar-refractivity contribution is 0.399. The van der Waals surface area contributed by atoms with Crippen molar-refractivity contribution in [2.24, 2.45) is 5.92 Å². The maximum absolute atomic E-state index is 13.6. The molecule has 96 valence electrons. The molecule has 0 aromatic heterocycles. The summed E-state index contributed by atoms with van der Waals surface area (Å²) in [6, 6.07) is 4.32. The zero-order valence-corrected chi connectivity index (χ0v) is 10.2. The van der Waals surface area contributed by atoms with E-state index in [-0.39, 0.29) is 11.3 Å². The van der Waals surface area contributed by atoms with Gasteiger partial charge in [-0.2, -0.15) is 5.26 Å². The van der Waals surface area contributed by atoms with Gasteiger partial charge in [-0.05, 0) is 38.1 Å². The number of hydrogen-bond donors (Lipinski definition) is 1. The molecule has 0 spiro atoms. The van der Waals surface area contributed by atoms with Crippen molar-refractivity contribution in [1.82, 2.24) is 4.90 Å². The Bertz CT molecular complexity index is 482. The van der Waals surface area contributed by atoms with Crippen LogP contribution in [0.25, 0.3) is 0 Å². The van der Waals surface area contributed by atoms with Crippen LogP contribution < -0.4 is 5.32 Å². The van der Waals surface area contributed by atoms with E-state index >= 15 is 0 Å². The lowest BCUT2D eigenvalue weighted by atomic mass is 10.1. The second-order valence-corrected chi connectivity index (χ2v) is 4.70. The number of benzene rings is 1. The van der Waals surface area contributed by atoms with Gasteiger partial charge in [-0.25, -0.2) is 8.78 Å². The van der Waals surface area contributed by atoms with Crippen molar-refractivity contribution in [3.05, 3.63) is 29.3 Å². The first-order chi connectivity index (χ1) is 8.61. The van der Waals surface area contributed by atoms with Gasteiger partial charge in [-0.1, -0.05) is 0 Å². The SMILES string of the molecule is CN1CCC(CNc2ccc(C#N)c(F)c2F)C1. The maximum atomic E-state index is 13.6. The minimum absolute atomic E-state index is 0.126. The van der Waals surface area contributed by atoms with Gasteiger partial charge in [0.1, 0.15) is 6.07 Å². The predicted molar refractivity (Wildman–Crippen MR) is 65.2 cm³/mol. The summed E-state index contributed by atoms with van der Waals surface area (Å²) in [5, 5.41) is 11.5. The van der Waals surface area contributed by atoms with Crippen molar-refractivity contribution < 1.29 is 8.78 Å². The smallest absolute Gasteiger partial charge is 0.183 e. The van der Waals surface area contributed by atoms with Crippen molar-refractivity contribution in [3.8, 4) is 6.07 Å². The van der Waals surface area contributed by atoms with Gasteiger partial charge in [-0.3, -0.25) is 0 Å². The van der Waals surface area contributed by atoms with Gasteiger partial charge in [-0.15, -0.1) is 0 Å². The number of likely N-dealkylation sites (tertiary alicyclic amines) is 1. The molecule has 1 unspecified atom stereocenters. The molecular formula is C13H15F2N3. The van der Waals surface area contributed by atoms with Gasteiger partial charge in [0, 0.05) is 13.1 Å². The highest BCUT2D eigenvalue weighted by atomic mass is 19.2. The Morgan fingerprint density at radius 2 is 2.22 bits per heavy atom. The van der Waals surface area contributed by atoms with Crippen LogP contribution in [0.2, 0.25) is 0 Å². The van der Waals surface area contributed by atoms with Crippen LogP contribution in [0.5, 0.6) is 0 Å². The summed E-state index contributed by atoms with van der Waals surface area (Å²) in [6.45, 7) is 2.62. The van der Waals surface area contributed by atoms with Crippen LogP contribution in [-0.4, -0.2) is 31.6 Å². The van der Waals surface area contributed by atoms with Crippen LogP contribution in [0.1, 0.15) is 12.0 Å². The summed E-state index contributed by atoms with van der Waals surface area (Å²) in [4.78, 5) is 2.21. The van der Waals surface area contributed by atoms with E-state index in [4.69, 9.17) is 5.26 Å². The van der Waals surface area contributed by atoms with E-state index in [0.29, 0.717) is 12.5 Å². The molecule has 2 rings (SSSR count). The van der Waals surface area contributed by atoms with Crippen LogP contribution in [0.4, 0.5) is 14.5 Å². The molecule has 1 N–H and O–H groups in total. The molecule has 0 radical (unpaired) electrons. The number of nitriles is 1. The summed E-state index contributed by atoms with van der Waals surface area (Å²) in [6.07, 6.45) is 1.06. The average Bonchev–Trinajstić information content (AvgIpc) is 2.77. The number of nitrogens with zero attached hydrogens (tertiary/aromatic N) is 2. The van der Waals surface area contributed by atoms with Crippen LogP contribution >= 0.6 is 0 Å². The van der Waals surface area contributed by atoms with E-state index < -0.39 is 11.6 Å². The van der Waals surface area contributed by atoms with Crippen LogP contribution in [0.15, 0.2) is 12.1 Å². The third kappa shape index (κ3) is 2.59. The third-order valence-electron chi connectivity index (χ3n) is 3.27. The Balaban J connectivity index is 2.02. The molecule has 0 amide bonds. The Labute approximate surface area is 105 Å². The molecule has 1 atom stereocenters. The van der Waals surface area contributed by atoms with Crippen molar-refractivity contribution >= 4 is 5.69 Å². The number of hydrogen-bond acceptors (Lipinski definition) is 3. The van der Waals surface area contributed by atoms with Gasteiger partial charge in [0.25, 0.3) is 0 Å². The zero-order chi connectivity index (χ0) is 13.1. The molecule has 18 heavy (non-hydrogen) atoms. The van der Waals surface area contributed by atoms with Gasteiger partial charge >= 0.3 is 0 Å². The van der Waals surface area contributed by atoms with E-state index in [1.807, 2.05) is 7.05 Å². The Hall–Kier alpha value is -1.67. The number of nitrogens with one attached hydrogen (secondary N) is 1. The maximum Gasteiger partial charge on any atom is 0.183 e. The Morgan fingerprint density at radius 1 is 1.44 bits per heavy atom. The second kappa shape index (κ2) is 5.32. The molecule has 0 saturated carbocycles. The number of rotatable bonds is 3. The number of anilines is 1. The molecule has 3 nitrogen and oxygen atoms in total. The van der Waals surface area contributed by atoms with E-state index in [1.165, 1.54) is 12.1 Å². The molecule has 0 bridgehead atoms. The fraction of sp³-hybridized carbons (Fsp3) is 0.462. The molecule has 1 aliphatic heterocycles. The summed E-state index contributed by atoms with van der Waals surface area (Å²) in [5.41, 5.74) is -0.139. The normalized spacial score (nSPS) is 19.8. The lowest BCUT2D eigenvalue weighted by Crippen LogP contribution is -2.19. The quantitative estimate of drug-likeness (QED) is 0.895. The molecular weight excluding hydrogens is 236 g/mol. The topological polar surface area (TPSA) is 39.1 Å². The van der Waals surface area contributed by atoms with Gasteiger partial charge in [0.15, 0.2) is 11.6 Å². The second-order valence-electron chi connectivity index (χ2n) is 4.70. The molecule has 1 aliphatic rings. The van der Waals surface area contributed by atoms with Crippen LogP contribution in [-0.2, 0) is 0 Å². The largest absolute Gasteiger partial charge is 0.382 e. The predicted octanol–water partition coefficient (Wildman–Crippen LogP) is 2.20. The standard InChI is InChI=1S/C13H15F2N3/c1-18-5-4-9(8-18)7-17-11-3-2-10(6-16)12(14)13(11)15/h2-3,9,17H,4-5,7-8H2,1H3. The Kier molecular flexibility index (Phi) is 3.78. The van der Waals surface area contributed by atoms with E-state index in [2.05, 4.69) is 10.2 Å². The van der Waals surface area contributed by atoms with Gasteiger partial charge in [0.05, 0.1) is 11.3 Å². The van der Waals surface area contributed by atoms with E-state index in [1.54, 1.807) is 6.07 Å². The molecule has 5 heteroatoms. The first kappa shape index (κ1) is 12.8. The lowest BCUT2D eigenvalue weighted by Gasteiger charge is -2.13. The minimum atomic E-state index is -1.08. The van der Waals surface area contributed by atoms with E-state index in [0.717, 1.165) is 19.5 Å². The molecule has 1 fully saturated rings. The summed E-state index contributed by atoms with van der Waals surface area (Å²) < 4.78 is 27.0. The highest BCUT2D eigenvalue weighted by molar-refractivity contribution is 5.49. The monoisotopic (exact) mass is 251 g/mol. The van der Waals surface area contributed by atoms with Crippen LogP contribution in [0, 0.1) is 28.9 Å². The minimum Gasteiger partial charge on any atom is -0.382 e. The van der Waals surface area contributed by atoms with Crippen molar-refractivity contribution in [2.45, 2.75) is 6.42 Å². The fourth-order valence-corrected chi connectivity index (χ4v) is 2.22. The molecule has 1 saturated heterocycles. The van der Waals surface area contributed by atoms with E-state index in [9.17, 15) is 8.78 Å². The fourth-order valence-electron chi connectivity index (χ4n) is 2.22. The van der Waals surface area contributed by atoms with Crippen molar-refractivity contribution in [2.75, 3.05) is 32.0 Å². The highest BCUT2D eigenvalue weighted by Gasteiger charge is 2.20. The third-order valence-corrected chi connectivity index (χ3v) is 3.27. The first-order valence-electron chi connectivity index (χ1n) is 5.92.